The third-order valence-electron chi connectivity index (χ3n) is 1.42. The molecule has 0 saturated carbocycles. The summed E-state index contributed by atoms with van der Waals surface area (Å²) in [5.74, 6) is 5.06. The van der Waals surface area contributed by atoms with Gasteiger partial charge in [0.2, 0.25) is 0 Å². The van der Waals surface area contributed by atoms with E-state index in [0.717, 1.165) is 25.2 Å². The molecule has 1 aliphatic heterocycles. The molecule has 3 nitrogen and oxygen atoms in total. The molecule has 1 saturated heterocycles. The van der Waals surface area contributed by atoms with E-state index in [1.54, 1.807) is 0 Å². The van der Waals surface area contributed by atoms with Crippen LogP contribution in [0.3, 0.4) is 0 Å². The summed E-state index contributed by atoms with van der Waals surface area (Å²) < 4.78 is 0. The van der Waals surface area contributed by atoms with Crippen molar-refractivity contribution in [1.29, 1.82) is 0 Å². The first-order chi connectivity index (χ1) is 3.83. The molecule has 0 aromatic heterocycles. The Balaban J connectivity index is 2.44. The first-order valence-electron chi connectivity index (χ1n) is 2.77. The van der Waals surface area contributed by atoms with E-state index in [4.69, 9.17) is 5.84 Å². The van der Waals surface area contributed by atoms with Crippen molar-refractivity contribution >= 4 is 5.71 Å². The van der Waals surface area contributed by atoms with Crippen molar-refractivity contribution in [1.82, 2.24) is 4.90 Å². The molecule has 46 valence electrons. The SMILES string of the molecule is CN1CCC(=NN)C1. The highest BCUT2D eigenvalue weighted by Crippen LogP contribution is 2.00. The van der Waals surface area contributed by atoms with Crippen LogP contribution < -0.4 is 5.84 Å². The Morgan fingerprint density at radius 2 is 2.50 bits per heavy atom. The first-order valence-corrected chi connectivity index (χ1v) is 2.77. The standard InChI is InChI=1S/C5H11N3/c1-8-3-2-5(4-8)7-6/h2-4,6H2,1H3. The second-order valence-corrected chi connectivity index (χ2v) is 2.18. The smallest absolute Gasteiger partial charge is 0.0528 e. The summed E-state index contributed by atoms with van der Waals surface area (Å²) in [5, 5.41) is 3.61. The summed E-state index contributed by atoms with van der Waals surface area (Å²) in [5.41, 5.74) is 1.12. The minimum atomic E-state index is 0.955. The third kappa shape index (κ3) is 0.980. The molecule has 0 spiro atoms. The minimum Gasteiger partial charge on any atom is -0.323 e. The lowest BCUT2D eigenvalue weighted by molar-refractivity contribution is 0.428. The average Bonchev–Trinajstić information content (AvgIpc) is 2.14. The van der Waals surface area contributed by atoms with Crippen molar-refractivity contribution in [2.24, 2.45) is 10.9 Å². The Hall–Kier alpha value is -0.570. The molecule has 0 atom stereocenters. The summed E-state index contributed by atoms with van der Waals surface area (Å²) in [6, 6.07) is 0. The van der Waals surface area contributed by atoms with Gasteiger partial charge in [0.1, 0.15) is 0 Å². The van der Waals surface area contributed by atoms with Crippen molar-refractivity contribution in [3.63, 3.8) is 0 Å². The number of hydrogen-bond donors (Lipinski definition) is 1. The van der Waals surface area contributed by atoms with Crippen LogP contribution in [0.15, 0.2) is 5.10 Å². The molecule has 2 N–H and O–H groups in total. The molecule has 1 rings (SSSR count). The highest BCUT2D eigenvalue weighted by atomic mass is 15.2. The Bertz CT molecular complexity index is 108. The molecule has 0 aromatic carbocycles. The number of hydrazone groups is 1. The van der Waals surface area contributed by atoms with Crippen molar-refractivity contribution in [2.45, 2.75) is 6.42 Å². The molecule has 1 fully saturated rings. The monoisotopic (exact) mass is 113 g/mol. The topological polar surface area (TPSA) is 41.6 Å². The van der Waals surface area contributed by atoms with Gasteiger partial charge in [0.05, 0.1) is 5.71 Å². The predicted octanol–water partition coefficient (Wildman–Crippen LogP) is -0.363. The fourth-order valence-corrected chi connectivity index (χ4v) is 0.895. The molecule has 0 unspecified atom stereocenters. The number of hydrogen-bond acceptors (Lipinski definition) is 3. The van der Waals surface area contributed by atoms with E-state index in [-0.39, 0.29) is 0 Å². The van der Waals surface area contributed by atoms with Crippen LogP contribution in [-0.4, -0.2) is 30.7 Å². The zero-order valence-corrected chi connectivity index (χ0v) is 5.09. The van der Waals surface area contributed by atoms with Crippen LogP contribution in [0.25, 0.3) is 0 Å². The van der Waals surface area contributed by atoms with E-state index in [1.807, 2.05) is 0 Å². The van der Waals surface area contributed by atoms with Gasteiger partial charge in [0, 0.05) is 19.5 Å². The predicted molar refractivity (Wildman–Crippen MR) is 33.7 cm³/mol. The second kappa shape index (κ2) is 2.13. The molecule has 0 amide bonds. The van der Waals surface area contributed by atoms with Gasteiger partial charge in [-0.15, -0.1) is 0 Å². The summed E-state index contributed by atoms with van der Waals surface area (Å²) in [4.78, 5) is 2.20. The summed E-state index contributed by atoms with van der Waals surface area (Å²) in [7, 11) is 2.07. The Labute approximate surface area is 49.2 Å². The van der Waals surface area contributed by atoms with Crippen LogP contribution in [0.5, 0.6) is 0 Å². The summed E-state index contributed by atoms with van der Waals surface area (Å²) in [6.07, 6.45) is 1.05. The zero-order chi connectivity index (χ0) is 5.98. The van der Waals surface area contributed by atoms with Gasteiger partial charge in [-0.2, -0.15) is 5.10 Å². The molecule has 0 aromatic rings. The molecule has 8 heavy (non-hydrogen) atoms. The highest BCUT2D eigenvalue weighted by molar-refractivity contribution is 5.87. The van der Waals surface area contributed by atoms with Gasteiger partial charge in [-0.25, -0.2) is 0 Å². The van der Waals surface area contributed by atoms with E-state index in [2.05, 4.69) is 17.0 Å². The van der Waals surface area contributed by atoms with E-state index in [9.17, 15) is 0 Å². The minimum absolute atomic E-state index is 0.955. The normalized spacial score (nSPS) is 27.4. The molecule has 0 bridgehead atoms. The van der Waals surface area contributed by atoms with E-state index < -0.39 is 0 Å². The van der Waals surface area contributed by atoms with Crippen LogP contribution in [0, 0.1) is 0 Å². The van der Waals surface area contributed by atoms with E-state index in [1.165, 1.54) is 0 Å². The number of likely N-dealkylation sites (tertiary alicyclic amines) is 1. The van der Waals surface area contributed by atoms with Crippen LogP contribution >= 0.6 is 0 Å². The lowest BCUT2D eigenvalue weighted by atomic mass is 10.3. The maximum atomic E-state index is 5.06. The average molecular weight is 113 g/mol. The van der Waals surface area contributed by atoms with E-state index >= 15 is 0 Å². The largest absolute Gasteiger partial charge is 0.323 e. The molecular formula is C5H11N3. The fraction of sp³-hybridized carbons (Fsp3) is 0.800. The summed E-state index contributed by atoms with van der Waals surface area (Å²) >= 11 is 0. The van der Waals surface area contributed by atoms with Crippen LogP contribution in [0.2, 0.25) is 0 Å². The van der Waals surface area contributed by atoms with Gasteiger partial charge >= 0.3 is 0 Å². The lowest BCUT2D eigenvalue weighted by Crippen LogP contribution is -2.14. The summed E-state index contributed by atoms with van der Waals surface area (Å²) in [6.45, 7) is 2.06. The van der Waals surface area contributed by atoms with Crippen molar-refractivity contribution in [2.75, 3.05) is 20.1 Å². The third-order valence-corrected chi connectivity index (χ3v) is 1.42. The van der Waals surface area contributed by atoms with Gasteiger partial charge < -0.3 is 10.7 Å². The Morgan fingerprint density at radius 3 is 2.75 bits per heavy atom. The Morgan fingerprint density at radius 1 is 1.75 bits per heavy atom. The first kappa shape index (κ1) is 5.56. The molecule has 0 aliphatic carbocycles. The molecule has 1 aliphatic rings. The second-order valence-electron chi connectivity index (χ2n) is 2.18. The maximum Gasteiger partial charge on any atom is 0.0528 e. The zero-order valence-electron chi connectivity index (χ0n) is 5.09. The molecular weight excluding hydrogens is 102 g/mol. The number of nitrogens with two attached hydrogens (primary N) is 1. The fourth-order valence-electron chi connectivity index (χ4n) is 0.895. The Kier molecular flexibility index (Phi) is 1.48. The van der Waals surface area contributed by atoms with Crippen molar-refractivity contribution < 1.29 is 0 Å². The lowest BCUT2D eigenvalue weighted by Gasteiger charge is -2.00. The van der Waals surface area contributed by atoms with Crippen LogP contribution in [0.4, 0.5) is 0 Å². The van der Waals surface area contributed by atoms with Crippen molar-refractivity contribution in [3.05, 3.63) is 0 Å². The quantitative estimate of drug-likeness (QED) is 0.344. The number of rotatable bonds is 0. The molecule has 3 heteroatoms. The van der Waals surface area contributed by atoms with Gasteiger partial charge in [-0.1, -0.05) is 0 Å². The van der Waals surface area contributed by atoms with Gasteiger partial charge in [-0.05, 0) is 7.05 Å². The molecule has 1 heterocycles. The van der Waals surface area contributed by atoms with Crippen LogP contribution in [-0.2, 0) is 0 Å². The van der Waals surface area contributed by atoms with Crippen molar-refractivity contribution in [3.8, 4) is 0 Å². The van der Waals surface area contributed by atoms with Crippen LogP contribution in [0.1, 0.15) is 6.42 Å². The highest BCUT2D eigenvalue weighted by Gasteiger charge is 2.12. The van der Waals surface area contributed by atoms with Gasteiger partial charge in [-0.3, -0.25) is 0 Å². The van der Waals surface area contributed by atoms with Gasteiger partial charge in [0.15, 0.2) is 0 Å². The van der Waals surface area contributed by atoms with E-state index in [0.29, 0.717) is 0 Å². The maximum absolute atomic E-state index is 5.06. The van der Waals surface area contributed by atoms with Gasteiger partial charge in [0.25, 0.3) is 0 Å². The number of nitrogens with zero attached hydrogens (tertiary/aromatic N) is 2. The molecule has 0 radical (unpaired) electrons.